The summed E-state index contributed by atoms with van der Waals surface area (Å²) in [6.45, 7) is -1.55. The Labute approximate surface area is 245 Å². The molecule has 20 nitrogen and oxygen atoms in total. The predicted octanol–water partition coefficient (Wildman–Crippen LogP) is -0.714. The third kappa shape index (κ3) is 5.18. The molecule has 7 rings (SSSR count). The molecule has 2 bridgehead atoms. The van der Waals surface area contributed by atoms with Crippen molar-refractivity contribution < 1.29 is 56.7 Å². The monoisotopic (exact) mass is 657 g/mol. The molecule has 0 saturated carbocycles. The molecular weight excluding hydrogens is 632 g/mol. The number of fused-ring (bicyclic) bond motifs is 5. The van der Waals surface area contributed by atoms with Gasteiger partial charge in [0.1, 0.15) is 36.6 Å². The summed E-state index contributed by atoms with van der Waals surface area (Å²) in [5.74, 6) is -0.258. The Kier molecular flexibility index (Phi) is 7.24. The number of benzene rings is 1. The lowest BCUT2D eigenvalue weighted by atomic mass is 10.1. The first-order valence-corrected chi connectivity index (χ1v) is 16.0. The SMILES string of the molecule is Nc1nc2c(ncn2[C@@H]2O[C@@H]3COP(=O)(O)OC4C(O)[C@@H](COP(=O)(O)OC3C2O)O[C@H]4n2cnc3ccccc32)c(=O)[nH]1. The first kappa shape index (κ1) is 29.6. The number of ether oxygens (including phenoxy) is 2. The number of nitrogens with one attached hydrogen (secondary N) is 1. The highest BCUT2D eigenvalue weighted by Gasteiger charge is 2.53. The van der Waals surface area contributed by atoms with Crippen LogP contribution < -0.4 is 11.3 Å². The van der Waals surface area contributed by atoms with Crippen LogP contribution in [0.4, 0.5) is 5.95 Å². The van der Waals surface area contributed by atoms with E-state index in [1.54, 1.807) is 24.3 Å². The number of H-pyrrole nitrogens is 1. The molecule has 3 aliphatic rings. The summed E-state index contributed by atoms with van der Waals surface area (Å²) in [5.41, 5.74) is 5.83. The number of aliphatic hydroxyl groups is 2. The molecule has 3 aliphatic heterocycles. The van der Waals surface area contributed by atoms with Crippen molar-refractivity contribution in [3.63, 3.8) is 0 Å². The molecule has 10 atom stereocenters. The molecule has 44 heavy (non-hydrogen) atoms. The van der Waals surface area contributed by atoms with E-state index in [4.69, 9.17) is 33.3 Å². The summed E-state index contributed by atoms with van der Waals surface area (Å²) in [6, 6.07) is 6.89. The Morgan fingerprint density at radius 2 is 1.55 bits per heavy atom. The van der Waals surface area contributed by atoms with E-state index in [1.165, 1.54) is 10.9 Å². The molecule has 1 aromatic carbocycles. The van der Waals surface area contributed by atoms with Gasteiger partial charge in [0.05, 0.1) is 36.9 Å². The van der Waals surface area contributed by atoms with Crippen molar-refractivity contribution in [3.05, 3.63) is 47.3 Å². The number of nitrogen functional groups attached to an aromatic ring is 1. The van der Waals surface area contributed by atoms with Crippen LogP contribution in [0.1, 0.15) is 12.5 Å². The van der Waals surface area contributed by atoms with E-state index in [-0.39, 0.29) is 17.1 Å². The van der Waals surface area contributed by atoms with E-state index in [2.05, 4.69) is 19.9 Å². The number of hydrogen-bond donors (Lipinski definition) is 6. The van der Waals surface area contributed by atoms with E-state index < -0.39 is 83.5 Å². The van der Waals surface area contributed by atoms with Crippen LogP contribution in [0.25, 0.3) is 22.2 Å². The Bertz CT molecular complexity index is 1880. The zero-order chi connectivity index (χ0) is 31.0. The number of para-hydroxylation sites is 2. The lowest BCUT2D eigenvalue weighted by molar-refractivity contribution is -0.0671. The molecule has 22 heteroatoms. The molecule has 3 aromatic heterocycles. The van der Waals surface area contributed by atoms with Gasteiger partial charge in [0, 0.05) is 0 Å². The van der Waals surface area contributed by atoms with Crippen LogP contribution in [-0.4, -0.2) is 98.9 Å². The van der Waals surface area contributed by atoms with Crippen LogP contribution in [-0.2, 0) is 36.7 Å². The van der Waals surface area contributed by atoms with Crippen molar-refractivity contribution >= 4 is 43.8 Å². The number of rotatable bonds is 2. The molecule has 4 aromatic rings. The zero-order valence-electron chi connectivity index (χ0n) is 22.2. The van der Waals surface area contributed by atoms with Gasteiger partial charge < -0.3 is 39.8 Å². The Morgan fingerprint density at radius 1 is 0.886 bits per heavy atom. The van der Waals surface area contributed by atoms with Crippen molar-refractivity contribution in [1.82, 2.24) is 29.1 Å². The lowest BCUT2D eigenvalue weighted by Gasteiger charge is -2.26. The van der Waals surface area contributed by atoms with Crippen LogP contribution in [0.5, 0.6) is 0 Å². The van der Waals surface area contributed by atoms with Crippen molar-refractivity contribution in [2.75, 3.05) is 18.9 Å². The molecule has 0 aliphatic carbocycles. The maximum atomic E-state index is 13.2. The van der Waals surface area contributed by atoms with Crippen molar-refractivity contribution in [2.45, 2.75) is 49.1 Å². The van der Waals surface area contributed by atoms with Gasteiger partial charge in [-0.25, -0.2) is 19.1 Å². The molecule has 7 N–H and O–H groups in total. The fraction of sp³-hybridized carbons (Fsp3) is 0.455. The highest BCUT2D eigenvalue weighted by Crippen LogP contribution is 2.53. The fourth-order valence-corrected chi connectivity index (χ4v) is 7.32. The minimum atomic E-state index is -5.03. The van der Waals surface area contributed by atoms with Crippen molar-refractivity contribution in [3.8, 4) is 0 Å². The quantitative estimate of drug-likeness (QED) is 0.145. The Morgan fingerprint density at radius 3 is 2.32 bits per heavy atom. The van der Waals surface area contributed by atoms with Gasteiger partial charge in [0.2, 0.25) is 5.95 Å². The number of nitrogens with two attached hydrogens (primary N) is 1. The summed E-state index contributed by atoms with van der Waals surface area (Å²) in [5, 5.41) is 22.1. The summed E-state index contributed by atoms with van der Waals surface area (Å²) < 4.78 is 61.5. The highest BCUT2D eigenvalue weighted by molar-refractivity contribution is 7.47. The average molecular weight is 657 g/mol. The predicted molar refractivity (Wildman–Crippen MR) is 143 cm³/mol. The fourth-order valence-electron chi connectivity index (χ4n) is 5.42. The molecule has 6 heterocycles. The standard InChI is InChI=1S/C22H25N7O13P2/c23-22-26-18-13(19(32)27-22)25-8-29(18)20-15(31)16-12(40-20)6-38-44(35,36)42-17-14(30)11(5-37-43(33,34)41-16)39-21(17)28-7-24-9-3-1-2-4-10(9)28/h1-4,7-8,11-12,14-17,20-21,30-31H,5-6H2,(H,33,34)(H,35,36)(H3,23,26,27,32)/t11-,12-,14?,15?,16?,17?,20-,21-/m1/s1. The van der Waals surface area contributed by atoms with E-state index in [0.717, 1.165) is 10.9 Å². The van der Waals surface area contributed by atoms with Crippen LogP contribution in [0, 0.1) is 0 Å². The van der Waals surface area contributed by atoms with Crippen molar-refractivity contribution in [1.29, 1.82) is 0 Å². The number of phosphoric ester groups is 2. The van der Waals surface area contributed by atoms with Gasteiger partial charge in [0.15, 0.2) is 23.6 Å². The van der Waals surface area contributed by atoms with E-state index in [1.807, 2.05) is 0 Å². The molecule has 236 valence electrons. The third-order valence-corrected chi connectivity index (χ3v) is 9.39. The first-order chi connectivity index (χ1) is 20.9. The molecule has 3 fully saturated rings. The Balaban J connectivity index is 1.20. The summed E-state index contributed by atoms with van der Waals surface area (Å²) in [6.07, 6.45) is -9.65. The molecule has 6 unspecified atom stereocenters. The maximum Gasteiger partial charge on any atom is 0.472 e. The number of aromatic amines is 1. The summed E-state index contributed by atoms with van der Waals surface area (Å²) >= 11 is 0. The van der Waals surface area contributed by atoms with Crippen molar-refractivity contribution in [2.24, 2.45) is 0 Å². The number of imidazole rings is 2. The maximum absolute atomic E-state index is 13.2. The number of anilines is 1. The van der Waals surface area contributed by atoms with Gasteiger partial charge in [-0.3, -0.25) is 32.4 Å². The second-order valence-electron chi connectivity index (χ2n) is 10.2. The smallest absolute Gasteiger partial charge is 0.387 e. The average Bonchev–Trinajstić information content (AvgIpc) is 3.72. The van der Waals surface area contributed by atoms with Crippen LogP contribution in [0.2, 0.25) is 0 Å². The zero-order valence-corrected chi connectivity index (χ0v) is 24.0. The first-order valence-electron chi connectivity index (χ1n) is 13.0. The molecule has 0 spiro atoms. The molecule has 0 amide bonds. The minimum Gasteiger partial charge on any atom is -0.387 e. The van der Waals surface area contributed by atoms with E-state index >= 15 is 0 Å². The van der Waals surface area contributed by atoms with Gasteiger partial charge in [-0.1, -0.05) is 12.1 Å². The number of phosphoric acid groups is 2. The van der Waals surface area contributed by atoms with Gasteiger partial charge >= 0.3 is 15.6 Å². The normalized spacial score (nSPS) is 38.3. The number of aliphatic hydroxyl groups excluding tert-OH is 2. The van der Waals surface area contributed by atoms with Gasteiger partial charge in [-0.05, 0) is 12.1 Å². The number of aromatic nitrogens is 6. The second kappa shape index (κ2) is 10.8. The summed E-state index contributed by atoms with van der Waals surface area (Å²) in [4.78, 5) is 48.0. The topological polar surface area (TPSA) is 278 Å². The third-order valence-electron chi connectivity index (χ3n) is 7.42. The van der Waals surface area contributed by atoms with Gasteiger partial charge in [-0.2, -0.15) is 4.98 Å². The highest BCUT2D eigenvalue weighted by atomic mass is 31.2. The summed E-state index contributed by atoms with van der Waals surface area (Å²) in [7, 11) is -10.1. The van der Waals surface area contributed by atoms with Crippen LogP contribution in [0.15, 0.2) is 41.7 Å². The molecule has 0 radical (unpaired) electrons. The second-order valence-corrected chi connectivity index (χ2v) is 13.0. The lowest BCUT2D eigenvalue weighted by Crippen LogP contribution is -2.36. The molecule has 3 saturated heterocycles. The van der Waals surface area contributed by atoms with Crippen LogP contribution >= 0.6 is 15.6 Å². The Hall–Kier alpha value is -3.10. The number of nitrogens with zero attached hydrogens (tertiary/aromatic N) is 5. The van der Waals surface area contributed by atoms with Crippen LogP contribution in [0.3, 0.4) is 0 Å². The van der Waals surface area contributed by atoms with E-state index in [0.29, 0.717) is 11.0 Å². The minimum absolute atomic E-state index is 0.0922. The van der Waals surface area contributed by atoms with Gasteiger partial charge in [0.25, 0.3) is 5.56 Å². The largest absolute Gasteiger partial charge is 0.472 e. The number of hydrogen-bond acceptors (Lipinski definition) is 15. The van der Waals surface area contributed by atoms with E-state index in [9.17, 15) is 33.9 Å². The molecular formula is C22H25N7O13P2. The van der Waals surface area contributed by atoms with Gasteiger partial charge in [-0.15, -0.1) is 0 Å².